The third kappa shape index (κ3) is 3.14. The maximum absolute atomic E-state index is 5.63. The highest BCUT2D eigenvalue weighted by atomic mass is 14.7. The van der Waals surface area contributed by atoms with Gasteiger partial charge in [0.05, 0.1) is 0 Å². The highest BCUT2D eigenvalue weighted by Gasteiger charge is 1.99. The highest BCUT2D eigenvalue weighted by Crippen LogP contribution is 1.99. The third-order valence-corrected chi connectivity index (χ3v) is 1.36. The first-order valence-electron chi connectivity index (χ1n) is 3.67. The van der Waals surface area contributed by atoms with Gasteiger partial charge >= 0.3 is 0 Å². The molecule has 0 aromatic heterocycles. The van der Waals surface area contributed by atoms with Crippen molar-refractivity contribution in [1.82, 2.24) is 0 Å². The minimum Gasteiger partial charge on any atom is -0.402 e. The van der Waals surface area contributed by atoms with E-state index in [0.717, 1.165) is 11.3 Å². The van der Waals surface area contributed by atoms with Crippen molar-refractivity contribution >= 4 is 11.9 Å². The molecule has 2 N–H and O–H groups in total. The summed E-state index contributed by atoms with van der Waals surface area (Å²) < 4.78 is 0. The van der Waals surface area contributed by atoms with E-state index in [-0.39, 0.29) is 0 Å². The van der Waals surface area contributed by atoms with Crippen molar-refractivity contribution < 1.29 is 0 Å². The Balaban J connectivity index is 4.90. The van der Waals surface area contributed by atoms with Crippen LogP contribution in [0.4, 0.5) is 0 Å². The largest absolute Gasteiger partial charge is 0.402 e. The molecule has 66 valence electrons. The van der Waals surface area contributed by atoms with Crippen LogP contribution >= 0.6 is 0 Å². The second-order valence-electron chi connectivity index (χ2n) is 2.38. The summed E-state index contributed by atoms with van der Waals surface area (Å²) in [6.45, 7) is 7.20. The van der Waals surface area contributed by atoms with Gasteiger partial charge in [0.15, 0.2) is 0 Å². The lowest BCUT2D eigenvalue weighted by Crippen LogP contribution is -2.07. The predicted molar refractivity (Wildman–Crippen MR) is 54.6 cm³/mol. The van der Waals surface area contributed by atoms with Gasteiger partial charge in [0.2, 0.25) is 0 Å². The summed E-state index contributed by atoms with van der Waals surface area (Å²) in [5.41, 5.74) is 8.03. The maximum Gasteiger partial charge on any atom is 0.0477 e. The van der Waals surface area contributed by atoms with Crippen molar-refractivity contribution in [3.63, 3.8) is 0 Å². The fraction of sp³-hybridized carbons (Fsp3) is 0.333. The van der Waals surface area contributed by atoms with Gasteiger partial charge in [-0.3, -0.25) is 9.98 Å². The summed E-state index contributed by atoms with van der Waals surface area (Å²) in [7, 11) is 1.70. The highest BCUT2D eigenvalue weighted by molar-refractivity contribution is 6.15. The monoisotopic (exact) mass is 165 g/mol. The zero-order valence-electron chi connectivity index (χ0n) is 7.83. The van der Waals surface area contributed by atoms with Crippen LogP contribution in [0, 0.1) is 0 Å². The molecule has 0 aliphatic heterocycles. The Morgan fingerprint density at radius 1 is 1.42 bits per heavy atom. The molecule has 0 amide bonds. The molecule has 0 unspecified atom stereocenters. The molecule has 3 nitrogen and oxygen atoms in total. The molecular formula is C9H15N3. The van der Waals surface area contributed by atoms with Gasteiger partial charge in [0.25, 0.3) is 0 Å². The zero-order chi connectivity index (χ0) is 9.56. The molecule has 0 aromatic carbocycles. The average Bonchev–Trinajstić information content (AvgIpc) is 1.99. The summed E-state index contributed by atoms with van der Waals surface area (Å²) in [6, 6.07) is 0. The Morgan fingerprint density at radius 3 is 2.33 bits per heavy atom. The van der Waals surface area contributed by atoms with Crippen molar-refractivity contribution in [2.75, 3.05) is 7.05 Å². The van der Waals surface area contributed by atoms with Crippen LogP contribution in [0.2, 0.25) is 0 Å². The predicted octanol–water partition coefficient (Wildman–Crippen LogP) is 1.52. The fourth-order valence-corrected chi connectivity index (χ4v) is 0.816. The number of allylic oxidation sites excluding steroid dienone is 2. The van der Waals surface area contributed by atoms with Gasteiger partial charge in [-0.25, -0.2) is 0 Å². The zero-order valence-corrected chi connectivity index (χ0v) is 7.83. The maximum atomic E-state index is 5.63. The van der Waals surface area contributed by atoms with Crippen molar-refractivity contribution in [3.05, 3.63) is 24.0 Å². The number of nitrogens with two attached hydrogens (primary N) is 1. The topological polar surface area (TPSA) is 50.7 Å². The molecule has 0 aliphatic rings. The summed E-state index contributed by atoms with van der Waals surface area (Å²) in [6.07, 6.45) is 3.18. The van der Waals surface area contributed by atoms with Gasteiger partial charge in [-0.1, -0.05) is 6.58 Å². The van der Waals surface area contributed by atoms with Gasteiger partial charge in [0, 0.05) is 36.4 Å². The second-order valence-corrected chi connectivity index (χ2v) is 2.38. The SMILES string of the molecule is C=CN=C(C)/C(C=NC)=C(\C)N. The van der Waals surface area contributed by atoms with Crippen LogP contribution in [0.1, 0.15) is 13.8 Å². The Bertz CT molecular complexity index is 242. The minimum absolute atomic E-state index is 0.712. The van der Waals surface area contributed by atoms with Crippen LogP contribution in [-0.2, 0) is 0 Å². The first-order chi connectivity index (χ1) is 5.63. The van der Waals surface area contributed by atoms with Crippen LogP contribution in [0.15, 0.2) is 34.0 Å². The Morgan fingerprint density at radius 2 is 2.00 bits per heavy atom. The lowest BCUT2D eigenvalue weighted by molar-refractivity contribution is 1.29. The molecule has 0 aliphatic carbocycles. The van der Waals surface area contributed by atoms with E-state index in [1.54, 1.807) is 13.3 Å². The van der Waals surface area contributed by atoms with Gasteiger partial charge in [-0.15, -0.1) is 0 Å². The van der Waals surface area contributed by atoms with E-state index in [1.165, 1.54) is 6.20 Å². The van der Waals surface area contributed by atoms with Crippen molar-refractivity contribution in [3.8, 4) is 0 Å². The van der Waals surface area contributed by atoms with Crippen LogP contribution in [0.3, 0.4) is 0 Å². The van der Waals surface area contributed by atoms with Crippen molar-refractivity contribution in [1.29, 1.82) is 0 Å². The molecule has 0 saturated heterocycles. The summed E-state index contributed by atoms with van der Waals surface area (Å²) >= 11 is 0. The normalized spacial score (nSPS) is 14.8. The molecule has 0 bridgehead atoms. The molecule has 0 spiro atoms. The lowest BCUT2D eigenvalue weighted by Gasteiger charge is -2.01. The van der Waals surface area contributed by atoms with E-state index in [1.807, 2.05) is 13.8 Å². The van der Waals surface area contributed by atoms with E-state index < -0.39 is 0 Å². The molecule has 0 saturated carbocycles. The Kier molecular flexibility index (Phi) is 4.69. The quantitative estimate of drug-likeness (QED) is 0.633. The standard InChI is InChI=1S/C9H15N3/c1-5-12-8(3)9(6-11-4)7(2)10/h5-6H,1,10H2,2-4H3/b9-7+,11-6?,12-8?. The minimum atomic E-state index is 0.712. The molecular weight excluding hydrogens is 150 g/mol. The summed E-state index contributed by atoms with van der Waals surface area (Å²) in [4.78, 5) is 7.90. The lowest BCUT2D eigenvalue weighted by atomic mass is 10.1. The van der Waals surface area contributed by atoms with Gasteiger partial charge < -0.3 is 5.73 Å². The molecule has 0 radical (unpaired) electrons. The van der Waals surface area contributed by atoms with Crippen molar-refractivity contribution in [2.24, 2.45) is 15.7 Å². The molecule has 12 heavy (non-hydrogen) atoms. The molecule has 0 fully saturated rings. The molecule has 3 heteroatoms. The molecule has 0 heterocycles. The fourth-order valence-electron chi connectivity index (χ4n) is 0.816. The number of hydrogen-bond donors (Lipinski definition) is 1. The second kappa shape index (κ2) is 5.29. The first-order valence-corrected chi connectivity index (χ1v) is 3.67. The summed E-state index contributed by atoms with van der Waals surface area (Å²) in [5.74, 6) is 0. The van der Waals surface area contributed by atoms with Gasteiger partial charge in [0.1, 0.15) is 0 Å². The Labute approximate surface area is 73.4 Å². The smallest absolute Gasteiger partial charge is 0.0477 e. The van der Waals surface area contributed by atoms with Crippen LogP contribution in [0.5, 0.6) is 0 Å². The van der Waals surface area contributed by atoms with E-state index in [9.17, 15) is 0 Å². The van der Waals surface area contributed by atoms with E-state index in [0.29, 0.717) is 5.70 Å². The number of rotatable bonds is 3. The van der Waals surface area contributed by atoms with E-state index in [2.05, 4.69) is 16.6 Å². The summed E-state index contributed by atoms with van der Waals surface area (Å²) in [5, 5.41) is 0. The van der Waals surface area contributed by atoms with Gasteiger partial charge in [-0.2, -0.15) is 0 Å². The van der Waals surface area contributed by atoms with Crippen molar-refractivity contribution in [2.45, 2.75) is 13.8 Å². The number of aliphatic imine (C=N–C) groups is 2. The number of hydrogen-bond acceptors (Lipinski definition) is 3. The molecule has 0 atom stereocenters. The van der Waals surface area contributed by atoms with Crippen LogP contribution < -0.4 is 5.73 Å². The van der Waals surface area contributed by atoms with E-state index in [4.69, 9.17) is 5.73 Å². The number of nitrogens with zero attached hydrogens (tertiary/aromatic N) is 2. The first kappa shape index (κ1) is 10.6. The van der Waals surface area contributed by atoms with Crippen LogP contribution in [0.25, 0.3) is 0 Å². The van der Waals surface area contributed by atoms with Crippen LogP contribution in [-0.4, -0.2) is 19.0 Å². The van der Waals surface area contributed by atoms with Gasteiger partial charge in [-0.05, 0) is 13.8 Å². The average molecular weight is 165 g/mol. The third-order valence-electron chi connectivity index (χ3n) is 1.36. The molecule has 0 aromatic rings. The van der Waals surface area contributed by atoms with E-state index >= 15 is 0 Å². The Hall–Kier alpha value is -1.38. The molecule has 0 rings (SSSR count).